The number of amides is 5. The molecule has 250 valence electrons. The number of hydrogen-bond acceptors (Lipinski definition) is 12. The van der Waals surface area contributed by atoms with E-state index < -0.39 is 80.4 Å². The Bertz CT molecular complexity index is 1670. The zero-order chi connectivity index (χ0) is 34.3. The molecular formula is C30H32B2N4O12. The average Bonchev–Trinajstić information content (AvgIpc) is 3.83. The van der Waals surface area contributed by atoms with Crippen LogP contribution in [0.1, 0.15) is 64.4 Å². The highest BCUT2D eigenvalue weighted by atomic mass is 16.7. The Balaban J connectivity index is 1.19. The van der Waals surface area contributed by atoms with Gasteiger partial charge >= 0.3 is 20.2 Å². The fourth-order valence-electron chi connectivity index (χ4n) is 6.15. The van der Waals surface area contributed by atoms with Crippen LogP contribution in [-0.4, -0.2) is 106 Å². The molecule has 4 atom stereocenters. The summed E-state index contributed by atoms with van der Waals surface area (Å²) in [6.45, 7) is 1.61. The Labute approximate surface area is 274 Å². The van der Waals surface area contributed by atoms with E-state index in [0.717, 1.165) is 5.56 Å². The molecule has 0 saturated carbocycles. The summed E-state index contributed by atoms with van der Waals surface area (Å²) in [4.78, 5) is 83.3. The van der Waals surface area contributed by atoms with Gasteiger partial charge in [-0.3, -0.25) is 24.0 Å². The van der Waals surface area contributed by atoms with Crippen LogP contribution < -0.4 is 21.6 Å². The summed E-state index contributed by atoms with van der Waals surface area (Å²) >= 11 is 0. The van der Waals surface area contributed by atoms with Crippen LogP contribution in [0.3, 0.4) is 0 Å². The number of benzene rings is 2. The number of aliphatic hydroxyl groups is 1. The highest BCUT2D eigenvalue weighted by Gasteiger charge is 2.43. The molecule has 0 bridgehead atoms. The van der Waals surface area contributed by atoms with Crippen molar-refractivity contribution in [2.24, 2.45) is 0 Å². The minimum atomic E-state index is -1.29. The summed E-state index contributed by atoms with van der Waals surface area (Å²) in [6, 6.07) is 6.30. The lowest BCUT2D eigenvalue weighted by molar-refractivity contribution is -0.198. The second-order valence-electron chi connectivity index (χ2n) is 12.1. The summed E-state index contributed by atoms with van der Waals surface area (Å²) in [5.74, 6) is -4.24. The molecule has 4 heterocycles. The van der Waals surface area contributed by atoms with Crippen molar-refractivity contribution in [3.8, 4) is 0 Å². The van der Waals surface area contributed by atoms with Crippen molar-refractivity contribution in [2.75, 3.05) is 6.54 Å². The summed E-state index contributed by atoms with van der Waals surface area (Å²) < 4.78 is 10.4. The lowest BCUT2D eigenvalue weighted by Gasteiger charge is -2.27. The third-order valence-corrected chi connectivity index (χ3v) is 8.82. The van der Waals surface area contributed by atoms with E-state index >= 15 is 0 Å². The highest BCUT2D eigenvalue weighted by Crippen LogP contribution is 2.24. The predicted molar refractivity (Wildman–Crippen MR) is 164 cm³/mol. The largest absolute Gasteiger partial charge is 0.491 e. The van der Waals surface area contributed by atoms with Gasteiger partial charge in [0.1, 0.15) is 6.04 Å². The molecular weight excluding hydrogens is 630 g/mol. The van der Waals surface area contributed by atoms with Gasteiger partial charge in [0.15, 0.2) is 0 Å². The lowest BCUT2D eigenvalue weighted by atomic mass is 9.78. The van der Waals surface area contributed by atoms with Crippen LogP contribution in [0.2, 0.25) is 0 Å². The minimum Gasteiger partial charge on any atom is -0.423 e. The van der Waals surface area contributed by atoms with Crippen LogP contribution in [0.4, 0.5) is 0 Å². The van der Waals surface area contributed by atoms with Crippen LogP contribution >= 0.6 is 0 Å². The molecule has 0 spiro atoms. The number of rotatable bonds is 9. The number of hydrogen-bond donors (Lipinski definition) is 5. The number of carbonyl (C=O) groups is 6. The smallest absolute Gasteiger partial charge is 0.423 e. The third-order valence-electron chi connectivity index (χ3n) is 8.82. The van der Waals surface area contributed by atoms with Gasteiger partial charge in [0.25, 0.3) is 23.6 Å². The summed E-state index contributed by atoms with van der Waals surface area (Å²) in [6.07, 6.45) is -2.14. The fraction of sp³-hybridized carbons (Fsp3) is 0.400. The van der Waals surface area contributed by atoms with Crippen molar-refractivity contribution in [1.82, 2.24) is 20.6 Å². The standard InChI is InChI=1S/C30H32B2N4O12/c1-15(37)23(11-27(40)48-36-25(38)6-7-26(36)39)34-29(42)24-10-20(33-28(41)16-2-4-18-13-46-31(44)21(18)8-16)12-35(24)30(43)17-3-5-19-14-47-32(45)22(19)9-17/h2-5,8-9,15,20,23-24,37,44-45H,6-7,10-14H2,1H3,(H,33,41)(H,34,42)/t15-,20-,23+,24+/m1/s1. The van der Waals surface area contributed by atoms with E-state index in [4.69, 9.17) is 14.1 Å². The van der Waals surface area contributed by atoms with Gasteiger partial charge < -0.3 is 44.8 Å². The second-order valence-corrected chi connectivity index (χ2v) is 12.1. The number of nitrogens with one attached hydrogen (secondary N) is 2. The molecule has 16 nitrogen and oxygen atoms in total. The van der Waals surface area contributed by atoms with Crippen LogP contribution in [0.15, 0.2) is 36.4 Å². The molecule has 48 heavy (non-hydrogen) atoms. The first-order valence-corrected chi connectivity index (χ1v) is 15.4. The molecule has 0 aliphatic carbocycles. The number of aliphatic hydroxyl groups excluding tert-OH is 1. The maximum absolute atomic E-state index is 13.9. The zero-order valence-corrected chi connectivity index (χ0v) is 25.8. The number of carbonyl (C=O) groups excluding carboxylic acids is 6. The molecule has 5 N–H and O–H groups in total. The van der Waals surface area contributed by atoms with Gasteiger partial charge in [-0.2, -0.15) is 0 Å². The Morgan fingerprint density at radius 2 is 1.54 bits per heavy atom. The summed E-state index contributed by atoms with van der Waals surface area (Å²) in [5.41, 5.74) is 2.72. The molecule has 5 amide bonds. The van der Waals surface area contributed by atoms with Gasteiger partial charge in [-0.1, -0.05) is 12.1 Å². The SMILES string of the molecule is C[C@@H](O)[C@H](CC(=O)ON1C(=O)CCC1=O)NC(=O)[C@@H]1C[C@@H](NC(=O)c2ccc3c(c2)B(O)OC3)CN1C(=O)c1ccc2c(c1)B(O)OC2. The van der Waals surface area contributed by atoms with Gasteiger partial charge in [0.2, 0.25) is 5.91 Å². The van der Waals surface area contributed by atoms with Crippen LogP contribution in [0, 0.1) is 0 Å². The van der Waals surface area contributed by atoms with E-state index in [2.05, 4.69) is 10.6 Å². The first-order chi connectivity index (χ1) is 22.9. The molecule has 2 fully saturated rings. The molecule has 0 radical (unpaired) electrons. The number of hydroxylamine groups is 2. The van der Waals surface area contributed by atoms with Crippen molar-refractivity contribution >= 4 is 60.7 Å². The summed E-state index contributed by atoms with van der Waals surface area (Å²) in [5, 5.41) is 36.4. The van der Waals surface area contributed by atoms with Crippen molar-refractivity contribution in [1.29, 1.82) is 0 Å². The van der Waals surface area contributed by atoms with Gasteiger partial charge in [0, 0.05) is 36.6 Å². The number of nitrogens with zero attached hydrogens (tertiary/aromatic N) is 2. The maximum Gasteiger partial charge on any atom is 0.491 e. The highest BCUT2D eigenvalue weighted by molar-refractivity contribution is 6.62. The van der Waals surface area contributed by atoms with E-state index in [1.165, 1.54) is 30.0 Å². The monoisotopic (exact) mass is 662 g/mol. The zero-order valence-electron chi connectivity index (χ0n) is 25.8. The van der Waals surface area contributed by atoms with Crippen LogP contribution in [0.25, 0.3) is 0 Å². The Morgan fingerprint density at radius 1 is 0.958 bits per heavy atom. The molecule has 6 rings (SSSR count). The predicted octanol–water partition coefficient (Wildman–Crippen LogP) is -3.00. The summed E-state index contributed by atoms with van der Waals surface area (Å²) in [7, 11) is -2.38. The second kappa shape index (κ2) is 13.5. The van der Waals surface area contributed by atoms with E-state index in [-0.39, 0.29) is 50.1 Å². The molecule has 2 aromatic carbocycles. The van der Waals surface area contributed by atoms with Crippen molar-refractivity contribution in [2.45, 2.75) is 70.1 Å². The van der Waals surface area contributed by atoms with Gasteiger partial charge in [-0.15, -0.1) is 5.06 Å². The number of likely N-dealkylation sites (tertiary alicyclic amines) is 1. The van der Waals surface area contributed by atoms with Crippen LogP contribution in [0.5, 0.6) is 0 Å². The minimum absolute atomic E-state index is 0.0373. The van der Waals surface area contributed by atoms with Crippen molar-refractivity contribution in [3.63, 3.8) is 0 Å². The first kappa shape index (κ1) is 33.3. The quantitative estimate of drug-likeness (QED) is 0.134. The topological polar surface area (TPSA) is 221 Å². The van der Waals surface area contributed by atoms with E-state index in [0.29, 0.717) is 21.6 Å². The molecule has 0 unspecified atom stereocenters. The molecule has 4 aliphatic heterocycles. The number of imide groups is 1. The Hall–Kier alpha value is -4.61. The number of fused-ring (bicyclic) bond motifs is 2. The Morgan fingerprint density at radius 3 is 2.15 bits per heavy atom. The van der Waals surface area contributed by atoms with Crippen LogP contribution in [-0.2, 0) is 46.5 Å². The first-order valence-electron chi connectivity index (χ1n) is 15.4. The van der Waals surface area contributed by atoms with E-state index in [9.17, 15) is 43.9 Å². The van der Waals surface area contributed by atoms with E-state index in [1.54, 1.807) is 18.2 Å². The average molecular weight is 662 g/mol. The van der Waals surface area contributed by atoms with Gasteiger partial charge in [-0.25, -0.2) is 4.79 Å². The molecule has 4 aliphatic rings. The fourth-order valence-corrected chi connectivity index (χ4v) is 6.15. The van der Waals surface area contributed by atoms with Crippen molar-refractivity contribution in [3.05, 3.63) is 58.7 Å². The molecule has 0 aromatic heterocycles. The van der Waals surface area contributed by atoms with E-state index in [1.807, 2.05) is 0 Å². The normalized spacial score (nSPS) is 21.2. The lowest BCUT2D eigenvalue weighted by Crippen LogP contribution is -2.52. The molecule has 18 heteroatoms. The van der Waals surface area contributed by atoms with Crippen molar-refractivity contribution < 1.29 is 58.1 Å². The maximum atomic E-state index is 13.9. The Kier molecular flexibility index (Phi) is 9.35. The van der Waals surface area contributed by atoms with Gasteiger partial charge in [0.05, 0.1) is 31.8 Å². The third kappa shape index (κ3) is 6.70. The molecule has 2 aromatic rings. The van der Waals surface area contributed by atoms with Gasteiger partial charge in [-0.05, 0) is 59.7 Å². The molecule has 2 saturated heterocycles.